The summed E-state index contributed by atoms with van der Waals surface area (Å²) in [5, 5.41) is 5.19. The van der Waals surface area contributed by atoms with E-state index in [1.807, 2.05) is 0 Å². The van der Waals surface area contributed by atoms with Crippen molar-refractivity contribution in [1.82, 2.24) is 10.2 Å². The minimum Gasteiger partial charge on any atom is -0.490 e. The molecular formula is C5H3F3N2O. The van der Waals surface area contributed by atoms with Crippen LogP contribution in [0.3, 0.4) is 0 Å². The van der Waals surface area contributed by atoms with Crippen LogP contribution in [0.2, 0.25) is 0 Å². The minimum atomic E-state index is -1.48. The van der Waals surface area contributed by atoms with E-state index in [1.54, 1.807) is 0 Å². The SMILES string of the molecule is COc1c(F)nnc(F)c1F. The van der Waals surface area contributed by atoms with Crippen molar-refractivity contribution in [3.05, 3.63) is 17.7 Å². The van der Waals surface area contributed by atoms with Crippen LogP contribution in [0, 0.1) is 17.7 Å². The largest absolute Gasteiger partial charge is 0.490 e. The van der Waals surface area contributed by atoms with E-state index in [9.17, 15) is 13.2 Å². The summed E-state index contributed by atoms with van der Waals surface area (Å²) >= 11 is 0. The molecule has 1 rings (SSSR count). The Morgan fingerprint density at radius 1 is 1.09 bits per heavy atom. The van der Waals surface area contributed by atoms with Crippen LogP contribution in [0.15, 0.2) is 0 Å². The molecule has 0 unspecified atom stereocenters. The molecule has 0 fully saturated rings. The van der Waals surface area contributed by atoms with Gasteiger partial charge in [-0.3, -0.25) is 0 Å². The van der Waals surface area contributed by atoms with E-state index in [0.29, 0.717) is 0 Å². The van der Waals surface area contributed by atoms with Crippen molar-refractivity contribution in [3.8, 4) is 5.75 Å². The normalized spacial score (nSPS) is 9.82. The molecule has 0 aliphatic heterocycles. The molecule has 0 aliphatic rings. The number of ether oxygens (including phenoxy) is 1. The fraction of sp³-hybridized carbons (Fsp3) is 0.200. The predicted molar refractivity (Wildman–Crippen MR) is 28.5 cm³/mol. The molecule has 0 aliphatic carbocycles. The summed E-state index contributed by atoms with van der Waals surface area (Å²) in [5.41, 5.74) is 0. The number of aromatic nitrogens is 2. The maximum atomic E-state index is 12.4. The standard InChI is InChI=1S/C5H3F3N2O/c1-11-3-2(6)4(7)9-10-5(3)8/h1H3. The van der Waals surface area contributed by atoms with Gasteiger partial charge in [0.15, 0.2) is 0 Å². The van der Waals surface area contributed by atoms with Crippen molar-refractivity contribution < 1.29 is 17.9 Å². The molecule has 3 nitrogen and oxygen atoms in total. The maximum Gasteiger partial charge on any atom is 0.278 e. The lowest BCUT2D eigenvalue weighted by Gasteiger charge is -1.99. The van der Waals surface area contributed by atoms with Gasteiger partial charge in [0.05, 0.1) is 7.11 Å². The first-order valence-corrected chi connectivity index (χ1v) is 2.58. The third-order valence-corrected chi connectivity index (χ3v) is 0.998. The van der Waals surface area contributed by atoms with Gasteiger partial charge < -0.3 is 4.74 Å². The molecule has 1 aromatic rings. The molecule has 0 amide bonds. The van der Waals surface area contributed by atoms with Crippen molar-refractivity contribution >= 4 is 0 Å². The molecule has 60 valence electrons. The topological polar surface area (TPSA) is 35.0 Å². The lowest BCUT2D eigenvalue weighted by atomic mass is 10.5. The zero-order valence-electron chi connectivity index (χ0n) is 5.44. The first-order chi connectivity index (χ1) is 5.16. The molecular weight excluding hydrogens is 161 g/mol. The zero-order valence-corrected chi connectivity index (χ0v) is 5.44. The zero-order chi connectivity index (χ0) is 8.43. The predicted octanol–water partition coefficient (Wildman–Crippen LogP) is 0.902. The minimum absolute atomic E-state index is 0.863. The number of nitrogens with zero attached hydrogens (tertiary/aromatic N) is 2. The van der Waals surface area contributed by atoms with Gasteiger partial charge in [0.25, 0.3) is 11.9 Å². The first kappa shape index (κ1) is 7.77. The van der Waals surface area contributed by atoms with Gasteiger partial charge in [-0.2, -0.15) is 13.2 Å². The van der Waals surface area contributed by atoms with Crippen LogP contribution in [0.4, 0.5) is 13.2 Å². The van der Waals surface area contributed by atoms with Crippen LogP contribution in [0.1, 0.15) is 0 Å². The van der Waals surface area contributed by atoms with Crippen molar-refractivity contribution in [3.63, 3.8) is 0 Å². The summed E-state index contributed by atoms with van der Waals surface area (Å²) < 4.78 is 41.1. The van der Waals surface area contributed by atoms with Gasteiger partial charge in [0, 0.05) is 0 Å². The number of halogens is 3. The Labute approximate surface area is 59.8 Å². The number of methoxy groups -OCH3 is 1. The van der Waals surface area contributed by atoms with E-state index < -0.39 is 23.5 Å². The van der Waals surface area contributed by atoms with Gasteiger partial charge in [-0.1, -0.05) is 0 Å². The Hall–Kier alpha value is -1.33. The van der Waals surface area contributed by atoms with Gasteiger partial charge in [-0.15, -0.1) is 10.2 Å². The molecule has 6 heteroatoms. The van der Waals surface area contributed by atoms with Crippen LogP contribution in [-0.2, 0) is 0 Å². The second kappa shape index (κ2) is 2.73. The van der Waals surface area contributed by atoms with Crippen molar-refractivity contribution in [1.29, 1.82) is 0 Å². The maximum absolute atomic E-state index is 12.4. The molecule has 0 saturated heterocycles. The van der Waals surface area contributed by atoms with E-state index in [-0.39, 0.29) is 0 Å². The summed E-state index contributed by atoms with van der Waals surface area (Å²) in [6.07, 6.45) is 0. The number of hydrogen-bond acceptors (Lipinski definition) is 3. The molecule has 0 bridgehead atoms. The van der Waals surface area contributed by atoms with E-state index in [1.165, 1.54) is 0 Å². The molecule has 1 heterocycles. The Morgan fingerprint density at radius 2 is 1.64 bits per heavy atom. The van der Waals surface area contributed by atoms with Crippen molar-refractivity contribution in [2.45, 2.75) is 0 Å². The van der Waals surface area contributed by atoms with Crippen LogP contribution >= 0.6 is 0 Å². The number of hydrogen-bond donors (Lipinski definition) is 0. The molecule has 0 saturated carbocycles. The lowest BCUT2D eigenvalue weighted by molar-refractivity contribution is 0.323. The smallest absolute Gasteiger partial charge is 0.278 e. The molecule has 0 atom stereocenters. The fourth-order valence-electron chi connectivity index (χ4n) is 0.535. The average molecular weight is 164 g/mol. The summed E-state index contributed by atoms with van der Waals surface area (Å²) in [7, 11) is 1.00. The summed E-state index contributed by atoms with van der Waals surface area (Å²) in [5.74, 6) is -5.09. The Kier molecular flexibility index (Phi) is 1.93. The van der Waals surface area contributed by atoms with E-state index in [0.717, 1.165) is 7.11 Å². The van der Waals surface area contributed by atoms with Gasteiger partial charge in [0.2, 0.25) is 11.6 Å². The van der Waals surface area contributed by atoms with E-state index in [4.69, 9.17) is 0 Å². The summed E-state index contributed by atoms with van der Waals surface area (Å²) in [6.45, 7) is 0. The fourth-order valence-corrected chi connectivity index (χ4v) is 0.535. The van der Waals surface area contributed by atoms with Crippen molar-refractivity contribution in [2.75, 3.05) is 7.11 Å². The van der Waals surface area contributed by atoms with Gasteiger partial charge in [-0.25, -0.2) is 0 Å². The third kappa shape index (κ3) is 1.24. The lowest BCUT2D eigenvalue weighted by Crippen LogP contribution is -2.02. The average Bonchev–Trinajstić information content (AvgIpc) is 1.99. The molecule has 0 aromatic carbocycles. The highest BCUT2D eigenvalue weighted by Gasteiger charge is 2.16. The van der Waals surface area contributed by atoms with Gasteiger partial charge in [-0.05, 0) is 0 Å². The Bertz CT molecular complexity index is 279. The second-order valence-electron chi connectivity index (χ2n) is 1.63. The quantitative estimate of drug-likeness (QED) is 0.618. The first-order valence-electron chi connectivity index (χ1n) is 2.58. The third-order valence-electron chi connectivity index (χ3n) is 0.998. The molecule has 1 aromatic heterocycles. The highest BCUT2D eigenvalue weighted by Crippen LogP contribution is 2.18. The number of rotatable bonds is 1. The summed E-state index contributed by atoms with van der Waals surface area (Å²) in [4.78, 5) is 0. The Balaban J connectivity index is 3.29. The van der Waals surface area contributed by atoms with E-state index >= 15 is 0 Å². The van der Waals surface area contributed by atoms with E-state index in [2.05, 4.69) is 14.9 Å². The van der Waals surface area contributed by atoms with Gasteiger partial charge in [0.1, 0.15) is 0 Å². The highest BCUT2D eigenvalue weighted by molar-refractivity contribution is 5.18. The molecule has 0 N–H and O–H groups in total. The van der Waals surface area contributed by atoms with Crippen LogP contribution in [-0.4, -0.2) is 17.3 Å². The highest BCUT2D eigenvalue weighted by atomic mass is 19.2. The van der Waals surface area contributed by atoms with Crippen LogP contribution in [0.5, 0.6) is 5.75 Å². The molecule has 0 spiro atoms. The summed E-state index contributed by atoms with van der Waals surface area (Å²) in [6, 6.07) is 0. The monoisotopic (exact) mass is 164 g/mol. The Morgan fingerprint density at radius 3 is 2.09 bits per heavy atom. The van der Waals surface area contributed by atoms with Crippen LogP contribution in [0.25, 0.3) is 0 Å². The molecule has 0 radical (unpaired) electrons. The van der Waals surface area contributed by atoms with Gasteiger partial charge >= 0.3 is 0 Å². The second-order valence-corrected chi connectivity index (χ2v) is 1.63. The van der Waals surface area contributed by atoms with Crippen molar-refractivity contribution in [2.24, 2.45) is 0 Å². The molecule has 11 heavy (non-hydrogen) atoms. The van der Waals surface area contributed by atoms with Crippen LogP contribution < -0.4 is 4.74 Å².